The number of hydrogen-bond acceptors (Lipinski definition) is 4. The summed E-state index contributed by atoms with van der Waals surface area (Å²) in [5.41, 5.74) is 2.22. The first-order valence-electron chi connectivity index (χ1n) is 6.88. The molecule has 112 valence electrons. The van der Waals surface area contributed by atoms with E-state index in [9.17, 15) is 15.0 Å². The van der Waals surface area contributed by atoms with Gasteiger partial charge in [0.15, 0.2) is 0 Å². The van der Waals surface area contributed by atoms with Gasteiger partial charge in [0.25, 0.3) is 5.91 Å². The molecule has 1 aromatic rings. The zero-order valence-corrected chi connectivity index (χ0v) is 11.9. The number of benzene rings is 1. The highest BCUT2D eigenvalue weighted by Gasteiger charge is 2.32. The fraction of sp³-hybridized carbons (Fsp3) is 0.438. The number of aryl methyl sites for hydroxylation is 1. The number of amides is 1. The van der Waals surface area contributed by atoms with E-state index in [1.54, 1.807) is 18.2 Å². The number of likely N-dealkylation sites (tertiary alicyclic amines) is 1. The number of rotatable bonds is 2. The van der Waals surface area contributed by atoms with Gasteiger partial charge in [-0.3, -0.25) is 4.79 Å². The van der Waals surface area contributed by atoms with Gasteiger partial charge in [0.2, 0.25) is 0 Å². The second-order valence-electron chi connectivity index (χ2n) is 5.15. The summed E-state index contributed by atoms with van der Waals surface area (Å²) >= 11 is 0. The van der Waals surface area contributed by atoms with Crippen LogP contribution in [0.1, 0.15) is 27.9 Å². The van der Waals surface area contributed by atoms with Gasteiger partial charge in [-0.15, -0.1) is 0 Å². The van der Waals surface area contributed by atoms with Crippen LogP contribution in [0.15, 0.2) is 18.2 Å². The van der Waals surface area contributed by atoms with Gasteiger partial charge >= 0.3 is 0 Å². The van der Waals surface area contributed by atoms with E-state index in [1.807, 2.05) is 6.92 Å². The molecule has 0 bridgehead atoms. The quantitative estimate of drug-likeness (QED) is 0.665. The molecule has 2 rings (SSSR count). The molecular formula is C16H19NO4. The third-order valence-corrected chi connectivity index (χ3v) is 3.48. The van der Waals surface area contributed by atoms with Crippen molar-refractivity contribution in [2.45, 2.75) is 25.6 Å². The Bertz CT molecular complexity index is 578. The zero-order valence-electron chi connectivity index (χ0n) is 11.9. The van der Waals surface area contributed by atoms with E-state index in [2.05, 4.69) is 11.8 Å². The maximum Gasteiger partial charge on any atom is 0.254 e. The van der Waals surface area contributed by atoms with Crippen molar-refractivity contribution in [3.63, 3.8) is 0 Å². The first-order chi connectivity index (χ1) is 10.0. The highest BCUT2D eigenvalue weighted by molar-refractivity contribution is 5.94. The number of nitrogens with zero attached hydrogens (tertiary/aromatic N) is 1. The largest absolute Gasteiger partial charge is 0.395 e. The van der Waals surface area contributed by atoms with Gasteiger partial charge in [0.05, 0.1) is 18.8 Å². The Morgan fingerprint density at radius 3 is 2.57 bits per heavy atom. The predicted octanol–water partition coefficient (Wildman–Crippen LogP) is -0.0935. The minimum absolute atomic E-state index is 0.0300. The van der Waals surface area contributed by atoms with Crippen LogP contribution in [0.3, 0.4) is 0 Å². The van der Waals surface area contributed by atoms with E-state index in [4.69, 9.17) is 5.11 Å². The minimum Gasteiger partial charge on any atom is -0.395 e. The summed E-state index contributed by atoms with van der Waals surface area (Å²) in [6.07, 6.45) is -1.33. The number of aliphatic hydroxyl groups is 3. The molecule has 1 saturated heterocycles. The second-order valence-corrected chi connectivity index (χ2v) is 5.15. The number of β-amino-alcohol motifs (C(OH)–C–C–N with tert-alkyl or cyclic N) is 2. The molecule has 21 heavy (non-hydrogen) atoms. The number of aliphatic hydroxyl groups excluding tert-OH is 3. The summed E-state index contributed by atoms with van der Waals surface area (Å²) in [7, 11) is 0. The summed E-state index contributed by atoms with van der Waals surface area (Å²) < 4.78 is 0. The Morgan fingerprint density at radius 2 is 2.00 bits per heavy atom. The molecule has 0 aromatic heterocycles. The van der Waals surface area contributed by atoms with E-state index in [0.29, 0.717) is 12.0 Å². The highest BCUT2D eigenvalue weighted by atomic mass is 16.3. The van der Waals surface area contributed by atoms with Crippen LogP contribution in [0.25, 0.3) is 0 Å². The average Bonchev–Trinajstić information content (AvgIpc) is 2.80. The molecule has 0 aliphatic carbocycles. The smallest absolute Gasteiger partial charge is 0.254 e. The lowest BCUT2D eigenvalue weighted by Gasteiger charge is -2.15. The lowest BCUT2D eigenvalue weighted by molar-refractivity contribution is 0.0572. The van der Waals surface area contributed by atoms with Gasteiger partial charge in [0, 0.05) is 30.6 Å². The summed E-state index contributed by atoms with van der Waals surface area (Å²) in [5.74, 6) is 5.59. The minimum atomic E-state index is -0.876. The van der Waals surface area contributed by atoms with Crippen molar-refractivity contribution in [1.82, 2.24) is 4.90 Å². The first kappa shape index (κ1) is 15.5. The Kier molecular flexibility index (Phi) is 4.97. The van der Waals surface area contributed by atoms with E-state index < -0.39 is 12.2 Å². The van der Waals surface area contributed by atoms with Crippen molar-refractivity contribution in [2.75, 3.05) is 19.7 Å². The molecule has 1 heterocycles. The van der Waals surface area contributed by atoms with Crippen molar-refractivity contribution in [3.8, 4) is 11.8 Å². The van der Waals surface area contributed by atoms with Gasteiger partial charge in [-0.05, 0) is 30.7 Å². The number of carbonyl (C=O) groups excluding carboxylic acids is 1. The lowest BCUT2D eigenvalue weighted by atomic mass is 10.0. The Labute approximate surface area is 123 Å². The molecule has 1 aliphatic rings. The van der Waals surface area contributed by atoms with Crippen molar-refractivity contribution >= 4 is 5.91 Å². The molecule has 0 spiro atoms. The molecule has 2 unspecified atom stereocenters. The van der Waals surface area contributed by atoms with Gasteiger partial charge < -0.3 is 20.2 Å². The van der Waals surface area contributed by atoms with Crippen molar-refractivity contribution in [2.24, 2.45) is 0 Å². The van der Waals surface area contributed by atoms with Gasteiger partial charge in [-0.2, -0.15) is 0 Å². The highest BCUT2D eigenvalue weighted by Crippen LogP contribution is 2.16. The molecule has 5 heteroatoms. The van der Waals surface area contributed by atoms with Crippen LogP contribution >= 0.6 is 0 Å². The molecule has 0 radical (unpaired) electrons. The normalized spacial score (nSPS) is 21.0. The van der Waals surface area contributed by atoms with Crippen LogP contribution in [-0.2, 0) is 0 Å². The molecule has 3 N–H and O–H groups in total. The maximum atomic E-state index is 12.3. The molecule has 2 atom stereocenters. The molecule has 1 fully saturated rings. The third-order valence-electron chi connectivity index (χ3n) is 3.48. The van der Waals surface area contributed by atoms with Crippen LogP contribution in [-0.4, -0.2) is 58.0 Å². The van der Waals surface area contributed by atoms with Gasteiger partial charge in [-0.25, -0.2) is 0 Å². The Hall–Kier alpha value is -1.87. The van der Waals surface area contributed by atoms with Crippen LogP contribution in [0.2, 0.25) is 0 Å². The Balaban J connectivity index is 2.13. The first-order valence-corrected chi connectivity index (χ1v) is 6.88. The molecule has 0 saturated carbocycles. The van der Waals surface area contributed by atoms with Crippen molar-refractivity contribution in [1.29, 1.82) is 0 Å². The van der Waals surface area contributed by atoms with Crippen LogP contribution in [0.4, 0.5) is 0 Å². The Morgan fingerprint density at radius 1 is 1.33 bits per heavy atom. The summed E-state index contributed by atoms with van der Waals surface area (Å²) in [6.45, 7) is 2.20. The second kappa shape index (κ2) is 6.72. The predicted molar refractivity (Wildman–Crippen MR) is 77.7 cm³/mol. The zero-order chi connectivity index (χ0) is 15.4. The average molecular weight is 289 g/mol. The van der Waals surface area contributed by atoms with E-state index in [1.165, 1.54) is 4.90 Å². The van der Waals surface area contributed by atoms with Crippen LogP contribution in [0, 0.1) is 18.8 Å². The molecular weight excluding hydrogens is 270 g/mol. The van der Waals surface area contributed by atoms with Gasteiger partial charge in [-0.1, -0.05) is 11.8 Å². The van der Waals surface area contributed by atoms with Crippen LogP contribution < -0.4 is 0 Å². The fourth-order valence-electron chi connectivity index (χ4n) is 2.27. The van der Waals surface area contributed by atoms with Crippen molar-refractivity contribution in [3.05, 3.63) is 34.9 Å². The van der Waals surface area contributed by atoms with E-state index >= 15 is 0 Å². The van der Waals surface area contributed by atoms with Crippen LogP contribution in [0.5, 0.6) is 0 Å². The maximum absolute atomic E-state index is 12.3. The standard InChI is InChI=1S/C16H19NO4/c1-11-8-13(6-5-12(11)4-2-3-7-18)16(21)17-9-14(19)15(20)10-17/h5-6,8,14-15,18-20H,3,7,9-10H2,1H3. The third kappa shape index (κ3) is 3.61. The van der Waals surface area contributed by atoms with E-state index in [0.717, 1.165) is 11.1 Å². The molecule has 1 amide bonds. The summed E-state index contributed by atoms with van der Waals surface area (Å²) in [4.78, 5) is 13.7. The topological polar surface area (TPSA) is 81.0 Å². The monoisotopic (exact) mass is 289 g/mol. The van der Waals surface area contributed by atoms with Gasteiger partial charge in [0.1, 0.15) is 0 Å². The number of carbonyl (C=O) groups is 1. The number of hydrogen-bond donors (Lipinski definition) is 3. The molecule has 5 nitrogen and oxygen atoms in total. The molecule has 1 aromatic carbocycles. The lowest BCUT2D eigenvalue weighted by Crippen LogP contribution is -2.29. The summed E-state index contributed by atoms with van der Waals surface area (Å²) in [6, 6.07) is 5.22. The fourth-order valence-corrected chi connectivity index (χ4v) is 2.27. The van der Waals surface area contributed by atoms with E-state index in [-0.39, 0.29) is 25.6 Å². The summed E-state index contributed by atoms with van der Waals surface area (Å²) in [5, 5.41) is 27.7. The molecule has 1 aliphatic heterocycles. The SMILES string of the molecule is Cc1cc(C(=O)N2CC(O)C(O)C2)ccc1C#CCCO. The van der Waals surface area contributed by atoms with Crippen molar-refractivity contribution < 1.29 is 20.1 Å².